The van der Waals surface area contributed by atoms with Gasteiger partial charge in [-0.3, -0.25) is 14.4 Å². The molecule has 0 rings (SSSR count). The van der Waals surface area contributed by atoms with Gasteiger partial charge >= 0.3 is 0 Å². The highest BCUT2D eigenvalue weighted by Crippen LogP contribution is 2.05. The Morgan fingerprint density at radius 3 is 1.07 bits per heavy atom. The molecule has 5 heteroatoms. The molecule has 0 bridgehead atoms. The van der Waals surface area contributed by atoms with E-state index < -0.39 is 22.9 Å². The Hall–Kier alpha value is -0.740. The first-order chi connectivity index (χ1) is 5.77. The van der Waals surface area contributed by atoms with Crippen LogP contribution < -0.4 is 17.3 Å². The van der Waals surface area contributed by atoms with Crippen LogP contribution in [0.1, 0.15) is 20.8 Å². The van der Waals surface area contributed by atoms with Crippen molar-refractivity contribution in [2.75, 3.05) is 14.1 Å². The van der Waals surface area contributed by atoms with Crippen LogP contribution in [0.15, 0.2) is 0 Å². The van der Waals surface area contributed by atoms with Crippen molar-refractivity contribution in [3.05, 3.63) is 0 Å². The molecule has 0 heterocycles. The SMILES string of the molecule is CC(=O)C(C(C)=O)(C(C)=O)[NH+](C)C.[Cl-]. The molecule has 0 aliphatic heterocycles. The topological polar surface area (TPSA) is 55.6 Å². The van der Waals surface area contributed by atoms with E-state index in [0.717, 1.165) is 0 Å². The van der Waals surface area contributed by atoms with E-state index in [0.29, 0.717) is 4.90 Å². The number of likely N-dealkylation sites (N-methyl/N-ethyl adjacent to an activating group) is 1. The molecule has 1 N–H and O–H groups in total. The fraction of sp³-hybridized carbons (Fsp3) is 0.667. The highest BCUT2D eigenvalue weighted by Gasteiger charge is 2.51. The van der Waals surface area contributed by atoms with E-state index in [4.69, 9.17) is 0 Å². The first-order valence-electron chi connectivity index (χ1n) is 4.11. The molecule has 0 saturated heterocycles. The lowest BCUT2D eigenvalue weighted by molar-refractivity contribution is -0.881. The summed E-state index contributed by atoms with van der Waals surface area (Å²) in [6.45, 7) is 3.82. The minimum atomic E-state index is -1.50. The zero-order chi connectivity index (χ0) is 10.8. The predicted molar refractivity (Wildman–Crippen MR) is 47.6 cm³/mol. The molecule has 0 radical (unpaired) electrons. The Bertz CT molecular complexity index is 225. The zero-order valence-electron chi connectivity index (χ0n) is 9.10. The number of carbonyl (C=O) groups excluding carboxylic acids is 3. The van der Waals surface area contributed by atoms with Crippen LogP contribution in [0.2, 0.25) is 0 Å². The van der Waals surface area contributed by atoms with E-state index in [9.17, 15) is 14.4 Å². The maximum atomic E-state index is 11.3. The normalized spacial score (nSPS) is 10.7. The van der Waals surface area contributed by atoms with E-state index in [1.54, 1.807) is 14.1 Å². The van der Waals surface area contributed by atoms with Crippen molar-refractivity contribution in [3.63, 3.8) is 0 Å². The first-order valence-corrected chi connectivity index (χ1v) is 4.11. The van der Waals surface area contributed by atoms with Crippen LogP contribution in [0.5, 0.6) is 0 Å². The molecule has 14 heavy (non-hydrogen) atoms. The van der Waals surface area contributed by atoms with Crippen LogP contribution >= 0.6 is 0 Å². The Balaban J connectivity index is 0. The van der Waals surface area contributed by atoms with Crippen LogP contribution in [0.4, 0.5) is 0 Å². The lowest BCUT2D eigenvalue weighted by Crippen LogP contribution is -3.19. The van der Waals surface area contributed by atoms with Crippen LogP contribution in [-0.2, 0) is 14.4 Å². The summed E-state index contributed by atoms with van der Waals surface area (Å²) in [5.41, 5.74) is -1.50. The average Bonchev–Trinajstić information content (AvgIpc) is 1.82. The smallest absolute Gasteiger partial charge is 0.272 e. The molecule has 82 valence electrons. The molecule has 0 unspecified atom stereocenters. The summed E-state index contributed by atoms with van der Waals surface area (Å²) >= 11 is 0. The van der Waals surface area contributed by atoms with Crippen molar-refractivity contribution >= 4 is 17.3 Å². The van der Waals surface area contributed by atoms with Crippen molar-refractivity contribution < 1.29 is 31.7 Å². The van der Waals surface area contributed by atoms with Gasteiger partial charge in [-0.2, -0.15) is 0 Å². The highest BCUT2D eigenvalue weighted by molar-refractivity contribution is 6.25. The zero-order valence-corrected chi connectivity index (χ0v) is 9.86. The largest absolute Gasteiger partial charge is 1.00 e. The Labute approximate surface area is 90.1 Å². The summed E-state index contributed by atoms with van der Waals surface area (Å²) in [5, 5.41) is 0. The van der Waals surface area contributed by atoms with Gasteiger partial charge in [0, 0.05) is 20.8 Å². The quantitative estimate of drug-likeness (QED) is 0.489. The molecule has 0 amide bonds. The lowest BCUT2D eigenvalue weighted by Gasteiger charge is -2.28. The Kier molecular flexibility index (Phi) is 5.86. The van der Waals surface area contributed by atoms with Crippen LogP contribution in [0.25, 0.3) is 0 Å². The number of quaternary nitrogens is 1. The number of halogens is 1. The molecule has 0 atom stereocenters. The average molecular weight is 222 g/mol. The van der Waals surface area contributed by atoms with Gasteiger partial charge in [0.1, 0.15) is 0 Å². The van der Waals surface area contributed by atoms with Crippen molar-refractivity contribution in [2.45, 2.75) is 26.3 Å². The van der Waals surface area contributed by atoms with Gasteiger partial charge in [0.05, 0.1) is 14.1 Å². The molecule has 0 spiro atoms. The minimum Gasteiger partial charge on any atom is -1.00 e. The molecule has 0 aromatic carbocycles. The number of hydrogen-bond acceptors (Lipinski definition) is 3. The van der Waals surface area contributed by atoms with Crippen molar-refractivity contribution in [2.24, 2.45) is 0 Å². The third-order valence-corrected chi connectivity index (χ3v) is 2.33. The molecule has 0 aliphatic carbocycles. The fourth-order valence-electron chi connectivity index (χ4n) is 1.80. The van der Waals surface area contributed by atoms with Gasteiger partial charge in [-0.25, -0.2) is 0 Å². The standard InChI is InChI=1S/C9H15NO3.ClH/c1-6(11)9(7(2)12,8(3)13)10(4)5;/h1-5H3;1H. The van der Waals surface area contributed by atoms with E-state index in [1.807, 2.05) is 0 Å². The number of nitrogens with one attached hydrogen (secondary N) is 1. The second kappa shape index (κ2) is 5.22. The van der Waals surface area contributed by atoms with Gasteiger partial charge in [0.25, 0.3) is 5.54 Å². The molecular weight excluding hydrogens is 206 g/mol. The predicted octanol–water partition coefficient (Wildman–Crippen LogP) is -4.36. The molecule has 0 aromatic heterocycles. The monoisotopic (exact) mass is 221 g/mol. The molecule has 4 nitrogen and oxygen atoms in total. The molecule has 0 saturated carbocycles. The van der Waals surface area contributed by atoms with Crippen LogP contribution in [-0.4, -0.2) is 37.0 Å². The maximum Gasteiger partial charge on any atom is 0.272 e. The first kappa shape index (κ1) is 15.7. The number of rotatable bonds is 4. The molecule has 0 aromatic rings. The van der Waals surface area contributed by atoms with Gasteiger partial charge in [0.2, 0.25) is 17.3 Å². The number of Topliss-reactive ketones (excluding diaryl/α,β-unsaturated/α-hetero) is 3. The van der Waals surface area contributed by atoms with Crippen LogP contribution in [0.3, 0.4) is 0 Å². The summed E-state index contributed by atoms with van der Waals surface area (Å²) in [4.78, 5) is 34.5. The number of hydrogen-bond donors (Lipinski definition) is 1. The number of carbonyl (C=O) groups is 3. The second-order valence-electron chi connectivity index (χ2n) is 3.42. The highest BCUT2D eigenvalue weighted by atomic mass is 35.5. The fourth-order valence-corrected chi connectivity index (χ4v) is 1.80. The second-order valence-corrected chi connectivity index (χ2v) is 3.42. The third kappa shape index (κ3) is 2.19. The molecular formula is C9H16ClNO3. The summed E-state index contributed by atoms with van der Waals surface area (Å²) in [7, 11) is 3.26. The Morgan fingerprint density at radius 2 is 1.07 bits per heavy atom. The van der Waals surface area contributed by atoms with Gasteiger partial charge in [0.15, 0.2) is 0 Å². The van der Waals surface area contributed by atoms with Gasteiger partial charge in [-0.15, -0.1) is 0 Å². The molecule has 0 fully saturated rings. The van der Waals surface area contributed by atoms with Crippen LogP contribution in [0, 0.1) is 0 Å². The van der Waals surface area contributed by atoms with Gasteiger partial charge < -0.3 is 17.3 Å². The summed E-state index contributed by atoms with van der Waals surface area (Å²) < 4.78 is 0. The van der Waals surface area contributed by atoms with Gasteiger partial charge in [-0.05, 0) is 0 Å². The lowest BCUT2D eigenvalue weighted by atomic mass is 9.85. The third-order valence-electron chi connectivity index (χ3n) is 2.33. The van der Waals surface area contributed by atoms with E-state index in [1.165, 1.54) is 20.8 Å². The summed E-state index contributed by atoms with van der Waals surface area (Å²) in [6, 6.07) is 0. The molecule has 0 aliphatic rings. The van der Waals surface area contributed by atoms with Crippen molar-refractivity contribution in [1.29, 1.82) is 0 Å². The number of ketones is 3. The van der Waals surface area contributed by atoms with E-state index in [2.05, 4.69) is 0 Å². The van der Waals surface area contributed by atoms with E-state index in [-0.39, 0.29) is 12.4 Å². The van der Waals surface area contributed by atoms with Gasteiger partial charge in [-0.1, -0.05) is 0 Å². The summed E-state index contributed by atoms with van der Waals surface area (Å²) in [5.74, 6) is -1.19. The summed E-state index contributed by atoms with van der Waals surface area (Å²) in [6.07, 6.45) is 0. The Morgan fingerprint density at radius 1 is 0.857 bits per heavy atom. The van der Waals surface area contributed by atoms with Crippen molar-refractivity contribution in [1.82, 2.24) is 0 Å². The van der Waals surface area contributed by atoms with Crippen molar-refractivity contribution in [3.8, 4) is 0 Å². The van der Waals surface area contributed by atoms with E-state index >= 15 is 0 Å². The maximum absolute atomic E-state index is 11.3. The minimum absolute atomic E-state index is 0.